The Labute approximate surface area is 199 Å². The van der Waals surface area contributed by atoms with Gasteiger partial charge in [0.2, 0.25) is 0 Å². The van der Waals surface area contributed by atoms with Gasteiger partial charge in [0.25, 0.3) is 11.8 Å². The number of aryl methyl sites for hydroxylation is 1. The number of anilines is 1. The summed E-state index contributed by atoms with van der Waals surface area (Å²) in [5.74, 6) is 0.0938. The third-order valence-corrected chi connectivity index (χ3v) is 4.84. The van der Waals surface area contributed by atoms with Crippen LogP contribution in [0.3, 0.4) is 0 Å². The molecule has 0 aliphatic rings. The maximum Gasteiger partial charge on any atom is 0.337 e. The highest BCUT2D eigenvalue weighted by Crippen LogP contribution is 2.19. The Hall–Kier alpha value is -4.80. The van der Waals surface area contributed by atoms with E-state index in [4.69, 9.17) is 13.6 Å². The molecule has 0 fully saturated rings. The van der Waals surface area contributed by atoms with E-state index in [1.54, 1.807) is 49.5 Å². The lowest BCUT2D eigenvalue weighted by Crippen LogP contribution is -2.25. The topological polar surface area (TPSA) is 138 Å². The van der Waals surface area contributed by atoms with Gasteiger partial charge >= 0.3 is 5.97 Å². The number of carbonyl (C=O) groups is 3. The lowest BCUT2D eigenvalue weighted by Gasteiger charge is -2.06. The number of nitrogens with zero attached hydrogens (tertiary/aromatic N) is 2. The quantitative estimate of drug-likeness (QED) is 0.350. The minimum absolute atomic E-state index is 0.0374. The normalized spacial score (nSPS) is 10.6. The highest BCUT2D eigenvalue weighted by molar-refractivity contribution is 6.07. The van der Waals surface area contributed by atoms with Crippen molar-refractivity contribution in [1.82, 2.24) is 15.1 Å². The molecule has 3 heterocycles. The number of amides is 2. The zero-order chi connectivity index (χ0) is 24.8. The van der Waals surface area contributed by atoms with E-state index in [1.165, 1.54) is 30.3 Å². The van der Waals surface area contributed by atoms with E-state index in [0.717, 1.165) is 0 Å². The molecular formula is C24H22N4O7. The van der Waals surface area contributed by atoms with Gasteiger partial charge in [-0.2, -0.15) is 5.10 Å². The molecule has 4 rings (SSSR count). The molecule has 0 saturated heterocycles. The van der Waals surface area contributed by atoms with Gasteiger partial charge in [-0.1, -0.05) is 0 Å². The maximum atomic E-state index is 12.7. The van der Waals surface area contributed by atoms with E-state index >= 15 is 0 Å². The molecule has 35 heavy (non-hydrogen) atoms. The molecule has 11 heteroatoms. The first-order valence-electron chi connectivity index (χ1n) is 10.5. The highest BCUT2D eigenvalue weighted by Gasteiger charge is 2.20. The largest absolute Gasteiger partial charge is 0.486 e. The van der Waals surface area contributed by atoms with Crippen molar-refractivity contribution in [2.24, 2.45) is 7.05 Å². The van der Waals surface area contributed by atoms with Gasteiger partial charge in [-0.15, -0.1) is 0 Å². The predicted octanol–water partition coefficient (Wildman–Crippen LogP) is 3.15. The summed E-state index contributed by atoms with van der Waals surface area (Å²) < 4.78 is 22.5. The predicted molar refractivity (Wildman–Crippen MR) is 122 cm³/mol. The number of furan rings is 2. The third kappa shape index (κ3) is 5.77. The number of aromatic nitrogens is 2. The molecule has 0 bridgehead atoms. The van der Waals surface area contributed by atoms with Crippen molar-refractivity contribution >= 4 is 23.5 Å². The van der Waals surface area contributed by atoms with E-state index in [0.29, 0.717) is 22.8 Å². The van der Waals surface area contributed by atoms with Crippen LogP contribution in [0.4, 0.5) is 5.69 Å². The van der Waals surface area contributed by atoms with Crippen LogP contribution in [-0.2, 0) is 24.9 Å². The summed E-state index contributed by atoms with van der Waals surface area (Å²) in [6.45, 7) is 0.251. The van der Waals surface area contributed by atoms with E-state index in [2.05, 4.69) is 20.5 Å². The maximum absolute atomic E-state index is 12.7. The zero-order valence-corrected chi connectivity index (χ0v) is 18.9. The van der Waals surface area contributed by atoms with Crippen molar-refractivity contribution in [3.05, 3.63) is 89.5 Å². The van der Waals surface area contributed by atoms with Gasteiger partial charge in [0.15, 0.2) is 11.5 Å². The molecule has 0 spiro atoms. The molecule has 1 aromatic carbocycles. The number of nitrogens with one attached hydrogen (secondary N) is 2. The van der Waals surface area contributed by atoms with Gasteiger partial charge in [0, 0.05) is 13.2 Å². The summed E-state index contributed by atoms with van der Waals surface area (Å²) in [5.41, 5.74) is 0.688. The Balaban J connectivity index is 1.35. The lowest BCUT2D eigenvalue weighted by atomic mass is 10.2. The van der Waals surface area contributed by atoms with Crippen LogP contribution in [0.5, 0.6) is 5.75 Å². The Kier molecular flexibility index (Phi) is 6.96. The van der Waals surface area contributed by atoms with Gasteiger partial charge in [-0.3, -0.25) is 14.3 Å². The summed E-state index contributed by atoms with van der Waals surface area (Å²) in [6.07, 6.45) is 3.03. The van der Waals surface area contributed by atoms with Crippen LogP contribution in [-0.4, -0.2) is 34.7 Å². The summed E-state index contributed by atoms with van der Waals surface area (Å²) in [4.78, 5) is 36.7. The second-order valence-electron chi connectivity index (χ2n) is 7.35. The van der Waals surface area contributed by atoms with Gasteiger partial charge in [-0.25, -0.2) is 4.79 Å². The summed E-state index contributed by atoms with van der Waals surface area (Å²) >= 11 is 0. The fourth-order valence-electron chi connectivity index (χ4n) is 3.13. The minimum Gasteiger partial charge on any atom is -0.486 e. The molecule has 0 saturated carbocycles. The number of benzene rings is 1. The summed E-state index contributed by atoms with van der Waals surface area (Å²) in [5, 5.41) is 9.47. The fraction of sp³-hybridized carbons (Fsp3) is 0.167. The van der Waals surface area contributed by atoms with Crippen LogP contribution in [0, 0.1) is 0 Å². The Morgan fingerprint density at radius 3 is 2.54 bits per heavy atom. The highest BCUT2D eigenvalue weighted by atomic mass is 16.5. The van der Waals surface area contributed by atoms with Crippen LogP contribution in [0.15, 0.2) is 69.8 Å². The van der Waals surface area contributed by atoms with Crippen LogP contribution < -0.4 is 15.4 Å². The van der Waals surface area contributed by atoms with E-state index in [9.17, 15) is 14.4 Å². The van der Waals surface area contributed by atoms with Crippen molar-refractivity contribution < 1.29 is 32.7 Å². The molecule has 0 aliphatic heterocycles. The van der Waals surface area contributed by atoms with Crippen LogP contribution >= 0.6 is 0 Å². The second-order valence-corrected chi connectivity index (χ2v) is 7.35. The number of rotatable bonds is 9. The Morgan fingerprint density at radius 1 is 1.03 bits per heavy atom. The monoisotopic (exact) mass is 478 g/mol. The van der Waals surface area contributed by atoms with Crippen molar-refractivity contribution in [2.75, 3.05) is 12.4 Å². The van der Waals surface area contributed by atoms with Gasteiger partial charge in [0.1, 0.15) is 23.9 Å². The molecule has 11 nitrogen and oxygen atoms in total. The number of carbonyl (C=O) groups excluding carboxylic acids is 3. The van der Waals surface area contributed by atoms with Crippen molar-refractivity contribution in [3.63, 3.8) is 0 Å². The Morgan fingerprint density at radius 2 is 1.83 bits per heavy atom. The molecule has 0 unspecified atom stereocenters. The molecule has 0 atom stereocenters. The molecule has 2 N–H and O–H groups in total. The summed E-state index contributed by atoms with van der Waals surface area (Å²) in [7, 11) is 2.95. The molecule has 2 amide bonds. The molecular weight excluding hydrogens is 456 g/mol. The standard InChI is InChI=1S/C24H22N4O7/c1-28-13-19(21(27-28)23(30)25-12-17-4-3-11-33-17)26-22(29)20-10-9-18(35-20)14-34-16-7-5-15(6-8-16)24(31)32-2/h3-11,13H,12,14H2,1-2H3,(H,25,30)(H,26,29). The van der Waals surface area contributed by atoms with Crippen LogP contribution in [0.1, 0.15) is 42.9 Å². The molecule has 0 aliphatic carbocycles. The second kappa shape index (κ2) is 10.4. The third-order valence-electron chi connectivity index (χ3n) is 4.84. The first kappa shape index (κ1) is 23.4. The van der Waals surface area contributed by atoms with Gasteiger partial charge in [0.05, 0.1) is 31.2 Å². The minimum atomic E-state index is -0.549. The number of ether oxygens (including phenoxy) is 2. The average molecular weight is 478 g/mol. The van der Waals surface area contributed by atoms with Crippen LogP contribution in [0.25, 0.3) is 0 Å². The number of methoxy groups -OCH3 is 1. The van der Waals surface area contributed by atoms with E-state index in [-0.39, 0.29) is 30.3 Å². The van der Waals surface area contributed by atoms with E-state index in [1.807, 2.05) is 0 Å². The Bertz CT molecular complexity index is 1320. The molecule has 3 aromatic heterocycles. The van der Waals surface area contributed by atoms with Crippen LogP contribution in [0.2, 0.25) is 0 Å². The average Bonchev–Trinajstić information content (AvgIpc) is 3.62. The molecule has 0 radical (unpaired) electrons. The van der Waals surface area contributed by atoms with Crippen molar-refractivity contribution in [1.29, 1.82) is 0 Å². The van der Waals surface area contributed by atoms with Crippen molar-refractivity contribution in [3.8, 4) is 5.75 Å². The van der Waals surface area contributed by atoms with E-state index < -0.39 is 17.8 Å². The van der Waals surface area contributed by atoms with Gasteiger partial charge < -0.3 is 28.9 Å². The zero-order valence-electron chi connectivity index (χ0n) is 18.9. The number of hydrogen-bond donors (Lipinski definition) is 2. The number of hydrogen-bond acceptors (Lipinski definition) is 8. The first-order valence-corrected chi connectivity index (χ1v) is 10.5. The van der Waals surface area contributed by atoms with Crippen molar-refractivity contribution in [2.45, 2.75) is 13.2 Å². The smallest absolute Gasteiger partial charge is 0.337 e. The first-order chi connectivity index (χ1) is 16.9. The summed E-state index contributed by atoms with van der Waals surface area (Å²) in [6, 6.07) is 13.0. The lowest BCUT2D eigenvalue weighted by molar-refractivity contribution is 0.0600. The van der Waals surface area contributed by atoms with Gasteiger partial charge in [-0.05, 0) is 48.5 Å². The fourth-order valence-corrected chi connectivity index (χ4v) is 3.13. The SMILES string of the molecule is COC(=O)c1ccc(OCc2ccc(C(=O)Nc3cn(C)nc3C(=O)NCc3ccco3)o2)cc1. The molecule has 4 aromatic rings. The molecule has 180 valence electrons. The number of esters is 1.